The molecule has 0 radical (unpaired) electrons. The summed E-state index contributed by atoms with van der Waals surface area (Å²) < 4.78 is 6.92. The van der Waals surface area contributed by atoms with E-state index in [0.717, 1.165) is 49.0 Å². The number of nitrogens with one attached hydrogen (secondary N) is 8. The summed E-state index contributed by atoms with van der Waals surface area (Å²) in [7, 11) is 0. The summed E-state index contributed by atoms with van der Waals surface area (Å²) >= 11 is 64.5. The number of benzene rings is 7. The predicted octanol–water partition coefficient (Wildman–Crippen LogP) is 24.0. The van der Waals surface area contributed by atoms with Crippen molar-refractivity contribution < 1.29 is 20.6 Å². The van der Waals surface area contributed by atoms with Crippen LogP contribution in [0.5, 0.6) is 0 Å². The highest BCUT2D eigenvalue weighted by Crippen LogP contribution is 2.26. The van der Waals surface area contributed by atoms with Crippen LogP contribution in [0.1, 0.15) is 144 Å². The number of amides is 4. The molecule has 14 N–H and O–H groups in total. The lowest BCUT2D eigenvalue weighted by molar-refractivity contribution is -0.123. The van der Waals surface area contributed by atoms with E-state index < -0.39 is 24.2 Å². The Morgan fingerprint density at radius 2 is 0.616 bits per heavy atom. The summed E-state index contributed by atoms with van der Waals surface area (Å²) in [6, 6.07) is 57.0. The van der Waals surface area contributed by atoms with E-state index >= 15 is 0 Å². The average Bonchev–Trinajstić information content (AvgIpc) is 0.947. The van der Waals surface area contributed by atoms with E-state index in [1.165, 1.54) is 0 Å². The van der Waals surface area contributed by atoms with E-state index in [1.54, 1.807) is 154 Å². The maximum Gasteiger partial charge on any atom is 0.242 e. The van der Waals surface area contributed by atoms with Gasteiger partial charge in [-0.2, -0.15) is 24.9 Å². The minimum absolute atomic E-state index is 0. The van der Waals surface area contributed by atoms with Crippen LogP contribution in [-0.2, 0) is 65.0 Å². The molecular formula is C104H126Cl11N27O4. The molecule has 0 spiro atoms. The summed E-state index contributed by atoms with van der Waals surface area (Å²) in [4.78, 5) is 101. The summed E-state index contributed by atoms with van der Waals surface area (Å²) in [5.41, 5.74) is 23.6. The Labute approximate surface area is 910 Å². The number of anilines is 4. The van der Waals surface area contributed by atoms with Crippen molar-refractivity contribution in [3.8, 4) is 23.3 Å². The van der Waals surface area contributed by atoms with Gasteiger partial charge in [0, 0.05) is 156 Å². The summed E-state index contributed by atoms with van der Waals surface area (Å²) in [5.74, 6) is 4.89. The third-order valence-electron chi connectivity index (χ3n) is 20.0. The number of rotatable bonds is 35. The molecule has 4 amide bonds. The number of halogens is 11. The number of aromatic nitrogens is 16. The van der Waals surface area contributed by atoms with Gasteiger partial charge in [0.1, 0.15) is 88.6 Å². The van der Waals surface area contributed by atoms with Crippen molar-refractivity contribution in [1.82, 2.24) is 99.3 Å². The molecule has 7 aromatic carbocycles. The van der Waals surface area contributed by atoms with Crippen LogP contribution in [0.15, 0.2) is 269 Å². The first-order chi connectivity index (χ1) is 68.5. The molecule has 31 nitrogen and oxygen atoms in total. The van der Waals surface area contributed by atoms with E-state index in [9.17, 15) is 19.2 Å². The molecule has 0 saturated carbocycles. The molecule has 0 aliphatic rings. The Balaban J connectivity index is 0.000000316. The number of hydrogen-bond donors (Lipinski definition) is 11. The Bertz CT molecular complexity index is 6180. The van der Waals surface area contributed by atoms with Crippen molar-refractivity contribution in [3.05, 3.63) is 364 Å². The molecule has 0 saturated heterocycles. The number of nitrogens with two attached hydrogens (primary N) is 3. The molecule has 0 aliphatic heterocycles. The zero-order valence-electron chi connectivity index (χ0n) is 79.5. The number of imidazole rings is 4. The molecule has 8 aromatic heterocycles. The molecule has 146 heavy (non-hydrogen) atoms. The highest BCUT2D eigenvalue weighted by Gasteiger charge is 2.26. The number of hydrogen-bond acceptors (Lipinski definition) is 23. The van der Waals surface area contributed by atoms with Gasteiger partial charge in [-0.1, -0.05) is 267 Å². The van der Waals surface area contributed by atoms with Gasteiger partial charge >= 0.3 is 0 Å². The first-order valence-electron chi connectivity index (χ1n) is 45.2. The van der Waals surface area contributed by atoms with Gasteiger partial charge in [-0.25, -0.2) is 34.9 Å². The molecule has 4 atom stereocenters. The highest BCUT2D eigenvalue weighted by molar-refractivity contribution is 6.33. The Hall–Kier alpha value is -12.2. The lowest BCUT2D eigenvalue weighted by atomic mass is 10.0. The fourth-order valence-electron chi connectivity index (χ4n) is 13.0. The van der Waals surface area contributed by atoms with Crippen LogP contribution in [0, 0.1) is 23.7 Å². The number of carbonyl (C=O) groups is 4. The van der Waals surface area contributed by atoms with Crippen LogP contribution >= 0.6 is 128 Å². The minimum Gasteiger partial charge on any atom is -0.358 e. The maximum absolute atomic E-state index is 13.2. The van der Waals surface area contributed by atoms with Crippen molar-refractivity contribution in [2.24, 2.45) is 40.9 Å². The van der Waals surface area contributed by atoms with Gasteiger partial charge in [0.15, 0.2) is 0 Å². The molecule has 15 rings (SSSR count). The lowest BCUT2D eigenvalue weighted by Gasteiger charge is -2.21. The maximum atomic E-state index is 13.2. The third kappa shape index (κ3) is 45.5. The van der Waals surface area contributed by atoms with Gasteiger partial charge in [-0.3, -0.25) is 37.4 Å². The summed E-state index contributed by atoms with van der Waals surface area (Å²) in [5, 5.41) is 30.3. The summed E-state index contributed by atoms with van der Waals surface area (Å²) in [6.45, 7) is 19.8. The minimum atomic E-state index is -0.503. The Kier molecular flexibility index (Phi) is 54.3. The third-order valence-corrected chi connectivity index (χ3v) is 22.5. The molecule has 15 aromatic rings. The fourth-order valence-corrected chi connectivity index (χ4v) is 14.8. The summed E-state index contributed by atoms with van der Waals surface area (Å²) in [6.07, 6.45) is 22.8. The van der Waals surface area contributed by atoms with Gasteiger partial charge in [0.2, 0.25) is 46.1 Å². The second kappa shape index (κ2) is 64.8. The van der Waals surface area contributed by atoms with Crippen LogP contribution in [0.2, 0.25) is 56.0 Å². The molecular weight excluding hydrogens is 2080 g/mol. The van der Waals surface area contributed by atoms with Crippen LogP contribution < -0.4 is 59.7 Å². The zero-order valence-corrected chi connectivity index (χ0v) is 87.8. The monoisotopic (exact) mass is 2200 g/mol. The first kappa shape index (κ1) is 123. The number of carbonyl (C=O) groups excluding carboxylic acids is 4. The van der Waals surface area contributed by atoms with Crippen molar-refractivity contribution in [2.75, 3.05) is 21.3 Å². The largest absolute Gasteiger partial charge is 0.358 e. The van der Waals surface area contributed by atoms with Gasteiger partial charge in [-0.15, -0.1) is 0 Å². The van der Waals surface area contributed by atoms with E-state index in [-0.39, 0.29) is 74.9 Å². The first-order valence-corrected chi connectivity index (χ1v) is 49.3. The molecule has 0 bridgehead atoms. The van der Waals surface area contributed by atoms with Crippen molar-refractivity contribution in [1.29, 1.82) is 0 Å². The van der Waals surface area contributed by atoms with Gasteiger partial charge in [0.25, 0.3) is 0 Å². The Morgan fingerprint density at radius 1 is 0.308 bits per heavy atom. The molecule has 778 valence electrons. The normalized spacial score (nSPS) is 11.3. The standard InChI is InChI=1S/C27H29Cl2N7O.2C20H22Cl2N6O.C13H19ClN2O.C7H4Cl2N4.2C7H8ClN.3CH4.H2/c1-18(2)12-23(26(37)31-15-19-6-8-21(28)9-7-19)33-24-14-25(36-11-10-30-17-36)35-27(34-24)32-16-20-4-3-5-22(29)13-20;1-13(2)9-16(19(29)24-11-14-3-5-15(21)6-4-14)25-17-10-18(27-20(22)26-17)28-8-7-23-12-28;1-13(2)9-16(19(29)24-11-14-3-5-15(21)6-4-14)25-20-26-17(22)10-18(27-20)28-8-7-23-12-28;1-9(2)7-12(15)13(17)16-8-10-3-5-11(14)6-4-10;8-5-3-6(12-7(9)11-5)13-2-1-10-4-13;8-7-3-1-6(5-9)2-4-7;8-7-3-1-2-6(4-7)5-9;;;;/h3-11,13-14,17-18,23H,12,15-16H2,1-2H3,(H,31,37)(H2,32,33,34,35);2*3-8,10,12-13,16H,9,11H2,1-2H3,(H,24,29)(H,25,26,27);3-6,9,12H,7-8,15H2,1-2H3,(H,16,17);1-4H;2*1-4H,5,9H2;3*1H4;1H/t23-;2*16-;;;;;;;;/m111......../s1/i;;;;;;;;;;1+1. The molecule has 0 fully saturated rings. The van der Waals surface area contributed by atoms with E-state index in [1.807, 2.05) is 147 Å². The van der Waals surface area contributed by atoms with Crippen LogP contribution in [-0.4, -0.2) is 126 Å². The SMILES string of the molecule is C.C.C.CC(C)CC(N)C(=O)NCc1ccc(Cl)cc1.CC(C)C[C@@H](Nc1cc(-n2ccnc2)nc(Cl)n1)C(=O)NCc1ccc(Cl)cc1.CC(C)C[C@@H](Nc1cc(-n2ccnc2)nc(NCc2cccc(Cl)c2)n1)C(=O)NCc1ccc(Cl)cc1.CC(C)C[C@@H](Nc1nc(Cl)cc(-n2ccnc2)n1)C(=O)NCc1ccc(Cl)cc1.Clc1cc(-n2ccnc2)nc(Cl)n1.NCc1ccc(Cl)cc1.NCc1cccc(Cl)c1.[2HH]. The van der Waals surface area contributed by atoms with Gasteiger partial charge in [-0.05, 0) is 196 Å². The topological polar surface area (TPSA) is 417 Å². The molecule has 0 aliphatic carbocycles. The zero-order chi connectivity index (χ0) is 103. The second-order valence-corrected chi connectivity index (χ2v) is 38.1. The average molecular weight is 2210 g/mol. The number of nitrogens with zero attached hydrogens (tertiary/aromatic N) is 16. The van der Waals surface area contributed by atoms with Gasteiger partial charge in [0.05, 0.1) is 6.04 Å². The Morgan fingerprint density at radius 3 is 0.959 bits per heavy atom. The van der Waals surface area contributed by atoms with Crippen molar-refractivity contribution in [3.63, 3.8) is 0 Å². The molecule has 1 unspecified atom stereocenters. The van der Waals surface area contributed by atoms with E-state index in [2.05, 4.69) is 144 Å². The van der Waals surface area contributed by atoms with Crippen molar-refractivity contribution >= 4 is 175 Å². The van der Waals surface area contributed by atoms with Crippen LogP contribution in [0.3, 0.4) is 0 Å². The van der Waals surface area contributed by atoms with Gasteiger partial charge < -0.3 is 59.7 Å². The van der Waals surface area contributed by atoms with Crippen LogP contribution in [0.4, 0.5) is 23.5 Å². The predicted molar refractivity (Wildman–Crippen MR) is 598 cm³/mol. The highest BCUT2D eigenvalue weighted by atomic mass is 35.5. The van der Waals surface area contributed by atoms with E-state index in [4.69, 9.17) is 145 Å². The lowest BCUT2D eigenvalue weighted by Crippen LogP contribution is -2.40. The second-order valence-electron chi connectivity index (χ2n) is 33.6. The van der Waals surface area contributed by atoms with Crippen LogP contribution in [0.25, 0.3) is 23.3 Å². The smallest absolute Gasteiger partial charge is 0.242 e. The fraction of sp³-hybridized carbons (Fsp3) is 0.288. The quantitative estimate of drug-likeness (QED) is 0.0130. The molecule has 42 heteroatoms. The van der Waals surface area contributed by atoms with Crippen molar-refractivity contribution in [2.45, 2.75) is 173 Å². The van der Waals surface area contributed by atoms with E-state index in [0.29, 0.717) is 160 Å². The molecule has 8 heterocycles.